The lowest BCUT2D eigenvalue weighted by Crippen LogP contribution is -2.44. The van der Waals surface area contributed by atoms with Gasteiger partial charge in [-0.1, -0.05) is 0 Å². The lowest BCUT2D eigenvalue weighted by atomic mass is 9.78. The molecule has 10 nitrogen and oxygen atoms in total. The van der Waals surface area contributed by atoms with Crippen LogP contribution >= 0.6 is 0 Å². The molecule has 10 heteroatoms. The van der Waals surface area contributed by atoms with Gasteiger partial charge in [-0.05, 0) is 58.0 Å². The number of ether oxygens (including phenoxy) is 1. The van der Waals surface area contributed by atoms with E-state index in [9.17, 15) is 14.4 Å². The molecule has 2 saturated heterocycles. The zero-order chi connectivity index (χ0) is 22.0. The molecule has 3 aliphatic rings. The Kier molecular flexibility index (Phi) is 6.57. The molecule has 0 saturated carbocycles. The zero-order valence-electron chi connectivity index (χ0n) is 17.9. The number of Topliss-reactive ketones (excluding diaryl/α,β-unsaturated/α-hetero) is 1. The van der Waals surface area contributed by atoms with Gasteiger partial charge in [-0.2, -0.15) is 4.98 Å². The van der Waals surface area contributed by atoms with Gasteiger partial charge in [-0.3, -0.25) is 19.4 Å². The maximum atomic E-state index is 13.0. The number of fused-ring (bicyclic) bond motifs is 1. The highest BCUT2D eigenvalue weighted by Crippen LogP contribution is 2.32. The minimum absolute atomic E-state index is 0.0521. The molecule has 1 aromatic heterocycles. The second kappa shape index (κ2) is 9.35. The highest BCUT2D eigenvalue weighted by Gasteiger charge is 2.37. The minimum atomic E-state index is -0.450. The molecule has 0 amide bonds. The van der Waals surface area contributed by atoms with Crippen molar-refractivity contribution in [3.63, 3.8) is 0 Å². The lowest BCUT2D eigenvalue weighted by molar-refractivity contribution is -0.155. The smallest absolute Gasteiger partial charge is 0.323 e. The Morgan fingerprint density at radius 3 is 2.58 bits per heavy atom. The number of rotatable bonds is 7. The molecule has 0 aromatic carbocycles. The quantitative estimate of drug-likeness (QED) is 0.373. The van der Waals surface area contributed by atoms with E-state index in [1.807, 2.05) is 6.92 Å². The van der Waals surface area contributed by atoms with Crippen molar-refractivity contribution >= 4 is 23.5 Å². The topological polar surface area (TPSA) is 151 Å². The Balaban J connectivity index is 1.51. The summed E-state index contributed by atoms with van der Waals surface area (Å²) in [6.07, 6.45) is 3.83. The molecular weight excluding hydrogens is 400 g/mol. The molecule has 0 unspecified atom stereocenters. The molecule has 4 heterocycles. The summed E-state index contributed by atoms with van der Waals surface area (Å²) >= 11 is 0. The first-order valence-electron chi connectivity index (χ1n) is 11.2. The number of aromatic nitrogens is 2. The van der Waals surface area contributed by atoms with Gasteiger partial charge >= 0.3 is 5.97 Å². The third-order valence-electron chi connectivity index (χ3n) is 6.77. The maximum Gasteiger partial charge on any atom is 0.323 e. The van der Waals surface area contributed by atoms with E-state index in [4.69, 9.17) is 10.5 Å². The van der Waals surface area contributed by atoms with E-state index in [0.717, 1.165) is 38.8 Å². The lowest BCUT2D eigenvalue weighted by Gasteiger charge is -2.35. The molecule has 3 aliphatic heterocycles. The Bertz CT molecular complexity index is 875. The standard InChI is InChI=1S/C21H32N6O4/c1-11(31-20(30)16-5-3-7-24-16)13(9-17(28)15-4-2-6-23-15)12-8-14-18(25-10-12)26-21(22)27-19(14)29/h11-13,15-16,23-24H,2-10H2,1H3,(H4,22,25,26,27,29)/t11-,12+,13-,15-,16-/m0/s1. The van der Waals surface area contributed by atoms with Crippen LogP contribution in [0.1, 0.15) is 44.6 Å². The highest BCUT2D eigenvalue weighted by molar-refractivity contribution is 5.84. The van der Waals surface area contributed by atoms with Crippen molar-refractivity contribution in [3.05, 3.63) is 15.9 Å². The molecule has 170 valence electrons. The molecule has 0 radical (unpaired) electrons. The summed E-state index contributed by atoms with van der Waals surface area (Å²) in [4.78, 5) is 44.7. The van der Waals surface area contributed by atoms with Gasteiger partial charge in [-0.25, -0.2) is 0 Å². The van der Waals surface area contributed by atoms with Gasteiger partial charge in [0, 0.05) is 18.9 Å². The van der Waals surface area contributed by atoms with Crippen LogP contribution in [0.5, 0.6) is 0 Å². The first-order valence-corrected chi connectivity index (χ1v) is 11.2. The summed E-state index contributed by atoms with van der Waals surface area (Å²) in [5.74, 6) is 0.166. The van der Waals surface area contributed by atoms with E-state index in [1.165, 1.54) is 0 Å². The number of hydrogen-bond acceptors (Lipinski definition) is 9. The molecule has 6 N–H and O–H groups in total. The van der Waals surface area contributed by atoms with Crippen molar-refractivity contribution in [2.24, 2.45) is 11.8 Å². The summed E-state index contributed by atoms with van der Waals surface area (Å²) in [7, 11) is 0. The van der Waals surface area contributed by atoms with E-state index >= 15 is 0 Å². The van der Waals surface area contributed by atoms with Crippen molar-refractivity contribution in [2.45, 2.75) is 63.6 Å². The molecule has 5 atom stereocenters. The maximum absolute atomic E-state index is 13.0. The van der Waals surface area contributed by atoms with E-state index < -0.39 is 6.10 Å². The number of nitrogens with two attached hydrogens (primary N) is 1. The fourth-order valence-electron chi connectivity index (χ4n) is 5.00. The number of nitrogens with one attached hydrogen (secondary N) is 4. The predicted molar refractivity (Wildman–Crippen MR) is 116 cm³/mol. The summed E-state index contributed by atoms with van der Waals surface area (Å²) in [5, 5.41) is 9.61. The Morgan fingerprint density at radius 2 is 1.90 bits per heavy atom. The van der Waals surface area contributed by atoms with Gasteiger partial charge in [0.2, 0.25) is 5.95 Å². The molecule has 0 bridgehead atoms. The van der Waals surface area contributed by atoms with Crippen molar-refractivity contribution in [1.82, 2.24) is 20.6 Å². The number of nitrogens with zero attached hydrogens (tertiary/aromatic N) is 1. The zero-order valence-corrected chi connectivity index (χ0v) is 17.9. The van der Waals surface area contributed by atoms with Gasteiger partial charge in [0.15, 0.2) is 0 Å². The average Bonchev–Trinajstić information content (AvgIpc) is 3.45. The number of H-pyrrole nitrogens is 1. The monoisotopic (exact) mass is 432 g/mol. The van der Waals surface area contributed by atoms with Crippen LogP contribution in [-0.2, 0) is 20.7 Å². The fraction of sp³-hybridized carbons (Fsp3) is 0.714. The van der Waals surface area contributed by atoms with Gasteiger partial charge < -0.3 is 26.4 Å². The summed E-state index contributed by atoms with van der Waals surface area (Å²) in [6.45, 7) is 4.04. The molecule has 1 aromatic rings. The second-order valence-electron chi connectivity index (χ2n) is 8.90. The Morgan fingerprint density at radius 1 is 1.19 bits per heavy atom. The number of nitrogen functional groups attached to an aromatic ring is 1. The minimum Gasteiger partial charge on any atom is -0.461 e. The van der Waals surface area contributed by atoms with Crippen LogP contribution in [-0.4, -0.2) is 59.5 Å². The van der Waals surface area contributed by atoms with Crippen LogP contribution in [0.2, 0.25) is 0 Å². The fourth-order valence-corrected chi connectivity index (χ4v) is 5.00. The van der Waals surface area contributed by atoms with Crippen molar-refractivity contribution < 1.29 is 14.3 Å². The number of anilines is 2. The first-order chi connectivity index (χ1) is 14.9. The third kappa shape index (κ3) is 4.90. The number of aromatic amines is 1. The normalized spacial score (nSPS) is 27.2. The van der Waals surface area contributed by atoms with Gasteiger partial charge in [0.25, 0.3) is 5.56 Å². The molecule has 0 spiro atoms. The van der Waals surface area contributed by atoms with Crippen molar-refractivity contribution in [3.8, 4) is 0 Å². The van der Waals surface area contributed by atoms with E-state index in [0.29, 0.717) is 30.8 Å². The van der Waals surface area contributed by atoms with Gasteiger partial charge in [0.1, 0.15) is 23.7 Å². The summed E-state index contributed by atoms with van der Waals surface area (Å²) in [6, 6.07) is -0.425. The average molecular weight is 433 g/mol. The SMILES string of the molecule is C[C@H](OC(=O)[C@@H]1CCCN1)[C@H](CC(=O)[C@@H]1CCCN1)[C@H]1CNc2nc(N)[nH]c(=O)c2C1. The van der Waals surface area contributed by atoms with Crippen LogP contribution in [0, 0.1) is 11.8 Å². The first kappa shape index (κ1) is 21.8. The van der Waals surface area contributed by atoms with E-state index in [1.54, 1.807) is 0 Å². The molecular formula is C21H32N6O4. The van der Waals surface area contributed by atoms with E-state index in [2.05, 4.69) is 25.9 Å². The number of carbonyl (C=O) groups is 2. The summed E-state index contributed by atoms with van der Waals surface area (Å²) < 4.78 is 5.83. The van der Waals surface area contributed by atoms with E-state index in [-0.39, 0.29) is 47.2 Å². The van der Waals surface area contributed by atoms with Crippen LogP contribution in [0.4, 0.5) is 11.8 Å². The summed E-state index contributed by atoms with van der Waals surface area (Å²) in [5.41, 5.74) is 5.90. The number of carbonyl (C=O) groups excluding carboxylic acids is 2. The van der Waals surface area contributed by atoms with Crippen LogP contribution in [0.25, 0.3) is 0 Å². The van der Waals surface area contributed by atoms with Gasteiger partial charge in [0.05, 0.1) is 11.6 Å². The van der Waals surface area contributed by atoms with Crippen LogP contribution in [0.3, 0.4) is 0 Å². The van der Waals surface area contributed by atoms with Crippen LogP contribution in [0.15, 0.2) is 4.79 Å². The second-order valence-corrected chi connectivity index (χ2v) is 8.90. The van der Waals surface area contributed by atoms with Crippen molar-refractivity contribution in [2.75, 3.05) is 30.7 Å². The molecule has 2 fully saturated rings. The Labute approximate surface area is 181 Å². The van der Waals surface area contributed by atoms with Gasteiger partial charge in [-0.15, -0.1) is 0 Å². The Hall–Kier alpha value is -2.46. The van der Waals surface area contributed by atoms with Crippen molar-refractivity contribution in [1.29, 1.82) is 0 Å². The highest BCUT2D eigenvalue weighted by atomic mass is 16.5. The number of hydrogen-bond donors (Lipinski definition) is 5. The molecule has 4 rings (SSSR count). The molecule has 0 aliphatic carbocycles. The van der Waals surface area contributed by atoms with Crippen LogP contribution < -0.4 is 27.2 Å². The molecule has 31 heavy (non-hydrogen) atoms. The number of ketones is 1. The third-order valence-corrected chi connectivity index (χ3v) is 6.77. The largest absolute Gasteiger partial charge is 0.461 e. The predicted octanol–water partition coefficient (Wildman–Crippen LogP) is -0.0526. The number of esters is 1.